The number of hydrogen-bond acceptors (Lipinski definition) is 0. The van der Waals surface area contributed by atoms with Crippen molar-refractivity contribution in [3.63, 3.8) is 0 Å². The summed E-state index contributed by atoms with van der Waals surface area (Å²) in [6.07, 6.45) is -0.0220. The second-order valence-electron chi connectivity index (χ2n) is 3.24. The predicted octanol–water partition coefficient (Wildman–Crippen LogP) is 2.78. The number of halogens is 1. The Morgan fingerprint density at radius 3 is 1.75 bits per heavy atom. The number of rotatable bonds is 1. The van der Waals surface area contributed by atoms with Crippen molar-refractivity contribution in [2.45, 2.75) is 40.3 Å². The van der Waals surface area contributed by atoms with E-state index < -0.39 is 6.17 Å². The molecule has 0 rings (SSSR count). The molecule has 50 valence electrons. The average molecular weight is 118 g/mol. The van der Waals surface area contributed by atoms with E-state index >= 15 is 0 Å². The summed E-state index contributed by atoms with van der Waals surface area (Å²) in [4.78, 5) is 0. The molecule has 1 unspecified atom stereocenters. The van der Waals surface area contributed by atoms with Crippen molar-refractivity contribution in [1.29, 1.82) is 0 Å². The molecule has 0 saturated heterocycles. The highest BCUT2D eigenvalue weighted by molar-refractivity contribution is 4.70. The topological polar surface area (TPSA) is 0 Å². The zero-order valence-corrected chi connectivity index (χ0v) is 6.16. The van der Waals surface area contributed by atoms with Crippen molar-refractivity contribution in [2.24, 2.45) is 5.41 Å². The molecule has 0 aliphatic rings. The molecule has 1 atom stereocenters. The van der Waals surface area contributed by atoms with Gasteiger partial charge in [-0.15, -0.1) is 0 Å². The Bertz CT molecular complexity index is 61.3. The predicted molar refractivity (Wildman–Crippen MR) is 34.6 cm³/mol. The fourth-order valence-electron chi connectivity index (χ4n) is 0.612. The highest BCUT2D eigenvalue weighted by Gasteiger charge is 2.21. The molecule has 0 nitrogen and oxygen atoms in total. The monoisotopic (exact) mass is 118 g/mol. The van der Waals surface area contributed by atoms with Crippen LogP contribution in [0.25, 0.3) is 0 Å². The molecule has 0 aromatic rings. The Morgan fingerprint density at radius 2 is 1.75 bits per heavy atom. The number of alkyl halides is 1. The fourth-order valence-corrected chi connectivity index (χ4v) is 0.612. The Labute approximate surface area is 51.1 Å². The molecular weight excluding hydrogens is 103 g/mol. The Morgan fingerprint density at radius 1 is 1.38 bits per heavy atom. The Hall–Kier alpha value is -0.0700. The highest BCUT2D eigenvalue weighted by Crippen LogP contribution is 2.23. The van der Waals surface area contributed by atoms with Gasteiger partial charge in [-0.1, -0.05) is 27.7 Å². The maximum absolute atomic E-state index is 12.6. The van der Waals surface area contributed by atoms with Crippen LogP contribution < -0.4 is 0 Å². The second-order valence-corrected chi connectivity index (χ2v) is 3.24. The summed E-state index contributed by atoms with van der Waals surface area (Å²) >= 11 is 0. The standard InChI is InChI=1S/C7H15F/c1-5-6(8)7(2,3)4/h6H,5H2,1-4H3. The zero-order valence-electron chi connectivity index (χ0n) is 6.16. The van der Waals surface area contributed by atoms with Crippen molar-refractivity contribution in [3.8, 4) is 0 Å². The first-order chi connectivity index (χ1) is 3.48. The summed E-state index contributed by atoms with van der Waals surface area (Å²) in [6, 6.07) is 0. The SMILES string of the molecule is CCC(F)C(C)(C)C. The summed E-state index contributed by atoms with van der Waals surface area (Å²) in [7, 11) is 0. The lowest BCUT2D eigenvalue weighted by atomic mass is 9.89. The summed E-state index contributed by atoms with van der Waals surface area (Å²) < 4.78 is 12.6. The summed E-state index contributed by atoms with van der Waals surface area (Å²) in [6.45, 7) is 7.62. The molecule has 0 aliphatic carbocycles. The lowest BCUT2D eigenvalue weighted by Gasteiger charge is -2.21. The van der Waals surface area contributed by atoms with Gasteiger partial charge >= 0.3 is 0 Å². The van der Waals surface area contributed by atoms with E-state index in [1.165, 1.54) is 0 Å². The van der Waals surface area contributed by atoms with E-state index in [-0.39, 0.29) is 5.41 Å². The van der Waals surface area contributed by atoms with Gasteiger partial charge in [0, 0.05) is 0 Å². The van der Waals surface area contributed by atoms with E-state index in [0.29, 0.717) is 6.42 Å². The van der Waals surface area contributed by atoms with Crippen LogP contribution in [0.15, 0.2) is 0 Å². The van der Waals surface area contributed by atoms with Crippen LogP contribution in [0.3, 0.4) is 0 Å². The number of hydrogen-bond donors (Lipinski definition) is 0. The molecule has 1 heteroatoms. The molecule has 0 aromatic carbocycles. The molecule has 0 saturated carbocycles. The van der Waals surface area contributed by atoms with Crippen LogP contribution in [0.2, 0.25) is 0 Å². The minimum Gasteiger partial charge on any atom is -0.247 e. The third-order valence-electron chi connectivity index (χ3n) is 1.30. The quantitative estimate of drug-likeness (QED) is 0.496. The van der Waals surface area contributed by atoms with Crippen LogP contribution in [0.5, 0.6) is 0 Å². The van der Waals surface area contributed by atoms with Crippen LogP contribution in [0, 0.1) is 5.41 Å². The van der Waals surface area contributed by atoms with E-state index in [1.807, 2.05) is 27.7 Å². The highest BCUT2D eigenvalue weighted by atomic mass is 19.1. The van der Waals surface area contributed by atoms with E-state index in [0.717, 1.165) is 0 Å². The molecular formula is C7H15F. The molecule has 0 spiro atoms. The van der Waals surface area contributed by atoms with E-state index in [2.05, 4.69) is 0 Å². The van der Waals surface area contributed by atoms with Gasteiger partial charge in [0.1, 0.15) is 6.17 Å². The fraction of sp³-hybridized carbons (Fsp3) is 1.00. The van der Waals surface area contributed by atoms with E-state index in [4.69, 9.17) is 0 Å². The van der Waals surface area contributed by atoms with Gasteiger partial charge in [0.25, 0.3) is 0 Å². The smallest absolute Gasteiger partial charge is 0.105 e. The molecule has 0 heterocycles. The van der Waals surface area contributed by atoms with Gasteiger partial charge < -0.3 is 0 Å². The molecule has 0 radical (unpaired) electrons. The summed E-state index contributed by atoms with van der Waals surface area (Å²) in [5.41, 5.74) is -0.158. The maximum Gasteiger partial charge on any atom is 0.105 e. The largest absolute Gasteiger partial charge is 0.247 e. The lowest BCUT2D eigenvalue weighted by molar-refractivity contribution is 0.158. The molecule has 0 bridgehead atoms. The third kappa shape index (κ3) is 2.29. The van der Waals surface area contributed by atoms with Crippen molar-refractivity contribution < 1.29 is 4.39 Å². The van der Waals surface area contributed by atoms with E-state index in [1.54, 1.807) is 0 Å². The zero-order chi connectivity index (χ0) is 6.78. The van der Waals surface area contributed by atoms with Crippen LogP contribution in [0.4, 0.5) is 4.39 Å². The van der Waals surface area contributed by atoms with E-state index in [9.17, 15) is 4.39 Å². The average Bonchev–Trinajstić information content (AvgIpc) is 1.62. The first kappa shape index (κ1) is 7.93. The van der Waals surface area contributed by atoms with Crippen molar-refractivity contribution >= 4 is 0 Å². The van der Waals surface area contributed by atoms with Gasteiger partial charge in [-0.2, -0.15) is 0 Å². The Kier molecular flexibility index (Phi) is 2.45. The first-order valence-corrected chi connectivity index (χ1v) is 3.12. The lowest BCUT2D eigenvalue weighted by Crippen LogP contribution is -2.20. The van der Waals surface area contributed by atoms with Gasteiger partial charge in [-0.05, 0) is 11.8 Å². The summed E-state index contributed by atoms with van der Waals surface area (Å²) in [5.74, 6) is 0. The molecule has 0 aliphatic heterocycles. The third-order valence-corrected chi connectivity index (χ3v) is 1.30. The first-order valence-electron chi connectivity index (χ1n) is 3.12. The second kappa shape index (κ2) is 2.47. The minimum atomic E-state index is -0.650. The molecule has 0 aromatic heterocycles. The van der Waals surface area contributed by atoms with Crippen LogP contribution in [-0.4, -0.2) is 6.17 Å². The van der Waals surface area contributed by atoms with Crippen molar-refractivity contribution in [1.82, 2.24) is 0 Å². The van der Waals surface area contributed by atoms with Crippen molar-refractivity contribution in [2.75, 3.05) is 0 Å². The molecule has 0 N–H and O–H groups in total. The minimum absolute atomic E-state index is 0.158. The van der Waals surface area contributed by atoms with Gasteiger partial charge in [0.05, 0.1) is 0 Å². The Balaban J connectivity index is 3.62. The van der Waals surface area contributed by atoms with Gasteiger partial charge in [0.15, 0.2) is 0 Å². The van der Waals surface area contributed by atoms with Crippen LogP contribution >= 0.6 is 0 Å². The van der Waals surface area contributed by atoms with Crippen LogP contribution in [0.1, 0.15) is 34.1 Å². The van der Waals surface area contributed by atoms with Crippen molar-refractivity contribution in [3.05, 3.63) is 0 Å². The van der Waals surface area contributed by atoms with Gasteiger partial charge in [-0.3, -0.25) is 0 Å². The maximum atomic E-state index is 12.6. The van der Waals surface area contributed by atoms with Crippen LogP contribution in [-0.2, 0) is 0 Å². The molecule has 0 amide bonds. The van der Waals surface area contributed by atoms with Gasteiger partial charge in [-0.25, -0.2) is 4.39 Å². The normalized spacial score (nSPS) is 16.1. The van der Waals surface area contributed by atoms with Gasteiger partial charge in [0.2, 0.25) is 0 Å². The molecule has 0 fully saturated rings. The molecule has 8 heavy (non-hydrogen) atoms. The summed E-state index contributed by atoms with van der Waals surface area (Å²) in [5, 5.41) is 0.